The Morgan fingerprint density at radius 3 is 2.32 bits per heavy atom. The molecule has 0 aromatic heterocycles. The Kier molecular flexibility index (Phi) is 7.91. The first-order chi connectivity index (χ1) is 11.7. The van der Waals surface area contributed by atoms with E-state index < -0.39 is 11.4 Å². The summed E-state index contributed by atoms with van der Waals surface area (Å²) in [5.74, 6) is -1.11. The molecule has 0 saturated heterocycles. The molecule has 0 aliphatic carbocycles. The monoisotopic (exact) mass is 349 g/mol. The molecule has 0 bridgehead atoms. The smallest absolute Gasteiger partial charge is 0.317 e. The van der Waals surface area contributed by atoms with Crippen molar-refractivity contribution >= 4 is 17.9 Å². The van der Waals surface area contributed by atoms with Gasteiger partial charge in [0.05, 0.1) is 5.41 Å². The molecule has 1 aromatic rings. The van der Waals surface area contributed by atoms with Crippen LogP contribution in [0.25, 0.3) is 0 Å². The summed E-state index contributed by atoms with van der Waals surface area (Å²) >= 11 is 0. The summed E-state index contributed by atoms with van der Waals surface area (Å²) < 4.78 is 0. The van der Waals surface area contributed by atoms with E-state index in [2.05, 4.69) is 10.6 Å². The van der Waals surface area contributed by atoms with Crippen molar-refractivity contribution in [3.63, 3.8) is 0 Å². The van der Waals surface area contributed by atoms with Crippen molar-refractivity contribution in [1.82, 2.24) is 15.5 Å². The molecule has 7 nitrogen and oxygen atoms in total. The van der Waals surface area contributed by atoms with Gasteiger partial charge in [-0.1, -0.05) is 30.3 Å². The summed E-state index contributed by atoms with van der Waals surface area (Å²) in [5.41, 5.74) is 0.153. The summed E-state index contributed by atoms with van der Waals surface area (Å²) in [7, 11) is 1.69. The van der Waals surface area contributed by atoms with Crippen LogP contribution in [0.15, 0.2) is 30.3 Å². The van der Waals surface area contributed by atoms with Gasteiger partial charge in [0.2, 0.25) is 5.91 Å². The molecular formula is C18H27N3O4. The van der Waals surface area contributed by atoms with Gasteiger partial charge in [0.1, 0.15) is 0 Å². The highest BCUT2D eigenvalue weighted by Crippen LogP contribution is 2.19. The first-order valence-corrected chi connectivity index (χ1v) is 8.25. The predicted octanol–water partition coefficient (Wildman–Crippen LogP) is 1.84. The zero-order valence-electron chi connectivity index (χ0n) is 15.0. The number of hydrogen-bond donors (Lipinski definition) is 3. The van der Waals surface area contributed by atoms with Gasteiger partial charge in [0.25, 0.3) is 0 Å². The van der Waals surface area contributed by atoms with Crippen molar-refractivity contribution in [1.29, 1.82) is 0 Å². The number of amides is 3. The average molecular weight is 349 g/mol. The van der Waals surface area contributed by atoms with Crippen molar-refractivity contribution in [3.8, 4) is 0 Å². The Hall–Kier alpha value is -2.57. The van der Waals surface area contributed by atoms with Crippen molar-refractivity contribution in [2.75, 3.05) is 20.1 Å². The zero-order chi connectivity index (χ0) is 18.9. The maximum Gasteiger partial charge on any atom is 0.317 e. The van der Waals surface area contributed by atoms with Crippen molar-refractivity contribution in [3.05, 3.63) is 35.9 Å². The van der Waals surface area contributed by atoms with E-state index >= 15 is 0 Å². The molecule has 1 rings (SSSR count). The minimum atomic E-state index is -0.893. The van der Waals surface area contributed by atoms with Crippen molar-refractivity contribution in [2.24, 2.45) is 5.41 Å². The molecule has 0 spiro atoms. The number of nitrogens with one attached hydrogen (secondary N) is 2. The molecule has 0 fully saturated rings. The van der Waals surface area contributed by atoms with Crippen LogP contribution in [0.1, 0.15) is 32.3 Å². The molecule has 25 heavy (non-hydrogen) atoms. The average Bonchev–Trinajstić information content (AvgIpc) is 2.55. The van der Waals surface area contributed by atoms with Crippen LogP contribution in [-0.2, 0) is 16.1 Å². The largest absolute Gasteiger partial charge is 0.481 e. The topological polar surface area (TPSA) is 98.7 Å². The number of benzene rings is 1. The standard InChI is InChI=1S/C18H27N3O4/c1-18(2,16(23)24)10-12-19-15(22)9-11-20-17(25)21(3)13-14-7-5-4-6-8-14/h4-8H,9-13H2,1-3H3,(H,19,22)(H,20,25)(H,23,24). The van der Waals surface area contributed by atoms with Gasteiger partial charge < -0.3 is 20.6 Å². The summed E-state index contributed by atoms with van der Waals surface area (Å²) in [6.45, 7) is 4.24. The van der Waals surface area contributed by atoms with E-state index in [9.17, 15) is 14.4 Å². The molecule has 0 atom stereocenters. The molecule has 0 saturated carbocycles. The zero-order valence-corrected chi connectivity index (χ0v) is 15.0. The predicted molar refractivity (Wildman–Crippen MR) is 95.0 cm³/mol. The van der Waals surface area contributed by atoms with Crippen LogP contribution >= 0.6 is 0 Å². The minimum Gasteiger partial charge on any atom is -0.481 e. The fraction of sp³-hybridized carbons (Fsp3) is 0.500. The lowest BCUT2D eigenvalue weighted by molar-refractivity contribution is -0.147. The third kappa shape index (κ3) is 7.69. The Morgan fingerprint density at radius 1 is 1.08 bits per heavy atom. The second-order valence-electron chi connectivity index (χ2n) is 6.61. The molecule has 0 unspecified atom stereocenters. The van der Waals surface area contributed by atoms with E-state index in [-0.39, 0.29) is 24.9 Å². The Balaban J connectivity index is 2.22. The maximum absolute atomic E-state index is 12.0. The summed E-state index contributed by atoms with van der Waals surface area (Å²) in [6.07, 6.45) is 0.499. The van der Waals surface area contributed by atoms with Crippen molar-refractivity contribution < 1.29 is 19.5 Å². The summed E-state index contributed by atoms with van der Waals surface area (Å²) in [5, 5.41) is 14.4. The van der Waals surface area contributed by atoms with Gasteiger partial charge in [-0.05, 0) is 25.8 Å². The molecule has 0 aliphatic rings. The number of aliphatic carboxylic acids is 1. The first kappa shape index (κ1) is 20.5. The van der Waals surface area contributed by atoms with E-state index in [4.69, 9.17) is 5.11 Å². The number of rotatable bonds is 9. The van der Waals surface area contributed by atoms with Crippen LogP contribution < -0.4 is 10.6 Å². The Labute approximate surface area is 148 Å². The lowest BCUT2D eigenvalue weighted by Crippen LogP contribution is -2.39. The SMILES string of the molecule is CN(Cc1ccccc1)C(=O)NCCC(=O)NCCC(C)(C)C(=O)O. The van der Waals surface area contributed by atoms with Gasteiger partial charge in [-0.25, -0.2) is 4.79 Å². The number of hydrogen-bond acceptors (Lipinski definition) is 3. The quantitative estimate of drug-likeness (QED) is 0.633. The number of carboxylic acid groups (broad SMARTS) is 1. The van der Waals surface area contributed by atoms with E-state index in [1.165, 1.54) is 0 Å². The number of carbonyl (C=O) groups excluding carboxylic acids is 2. The molecule has 3 amide bonds. The molecule has 0 heterocycles. The van der Waals surface area contributed by atoms with Gasteiger partial charge in [0.15, 0.2) is 0 Å². The highest BCUT2D eigenvalue weighted by molar-refractivity contribution is 5.78. The van der Waals surface area contributed by atoms with Crippen molar-refractivity contribution in [2.45, 2.75) is 33.2 Å². The molecule has 138 valence electrons. The van der Waals surface area contributed by atoms with Crippen LogP contribution in [0.3, 0.4) is 0 Å². The summed E-state index contributed by atoms with van der Waals surface area (Å²) in [6, 6.07) is 9.38. The molecular weight excluding hydrogens is 322 g/mol. The van der Waals surface area contributed by atoms with Crippen LogP contribution in [0.2, 0.25) is 0 Å². The van der Waals surface area contributed by atoms with Gasteiger partial charge in [-0.2, -0.15) is 0 Å². The Bertz CT molecular complexity index is 587. The normalized spacial score (nSPS) is 10.8. The van der Waals surface area contributed by atoms with E-state index in [1.807, 2.05) is 30.3 Å². The third-order valence-corrected chi connectivity index (χ3v) is 3.89. The van der Waals surface area contributed by atoms with E-state index in [0.29, 0.717) is 19.5 Å². The van der Waals surface area contributed by atoms with Gasteiger partial charge in [-0.15, -0.1) is 0 Å². The second kappa shape index (κ2) is 9.66. The fourth-order valence-electron chi connectivity index (χ4n) is 2.06. The highest BCUT2D eigenvalue weighted by atomic mass is 16.4. The van der Waals surface area contributed by atoms with Crippen LogP contribution in [0, 0.1) is 5.41 Å². The lowest BCUT2D eigenvalue weighted by Gasteiger charge is -2.19. The fourth-order valence-corrected chi connectivity index (χ4v) is 2.06. The minimum absolute atomic E-state index is 0.151. The van der Waals surface area contributed by atoms with Gasteiger partial charge >= 0.3 is 12.0 Å². The molecule has 0 radical (unpaired) electrons. The second-order valence-corrected chi connectivity index (χ2v) is 6.61. The molecule has 3 N–H and O–H groups in total. The van der Waals surface area contributed by atoms with E-state index in [1.54, 1.807) is 25.8 Å². The third-order valence-electron chi connectivity index (χ3n) is 3.89. The number of nitrogens with zero attached hydrogens (tertiary/aromatic N) is 1. The van der Waals surface area contributed by atoms with Gasteiger partial charge in [0, 0.05) is 33.1 Å². The first-order valence-electron chi connectivity index (χ1n) is 8.25. The lowest BCUT2D eigenvalue weighted by atomic mass is 9.90. The highest BCUT2D eigenvalue weighted by Gasteiger charge is 2.26. The maximum atomic E-state index is 12.0. The van der Waals surface area contributed by atoms with Crippen LogP contribution in [0.4, 0.5) is 4.79 Å². The number of carbonyl (C=O) groups is 3. The van der Waals surface area contributed by atoms with E-state index in [0.717, 1.165) is 5.56 Å². The van der Waals surface area contributed by atoms with Gasteiger partial charge in [-0.3, -0.25) is 9.59 Å². The Morgan fingerprint density at radius 2 is 1.72 bits per heavy atom. The molecule has 0 aliphatic heterocycles. The van der Waals surface area contributed by atoms with Crippen LogP contribution in [0.5, 0.6) is 0 Å². The molecule has 7 heteroatoms. The molecule has 1 aromatic carbocycles. The number of carboxylic acids is 1. The summed E-state index contributed by atoms with van der Waals surface area (Å²) in [4.78, 5) is 36.2. The van der Waals surface area contributed by atoms with Crippen LogP contribution in [-0.4, -0.2) is 48.1 Å². The number of urea groups is 1.